The summed E-state index contributed by atoms with van der Waals surface area (Å²) in [4.78, 5) is 0.219. The molecule has 0 aromatic heterocycles. The molecule has 0 fully saturated rings. The van der Waals surface area contributed by atoms with Gasteiger partial charge in [0.2, 0.25) is 0 Å². The maximum absolute atomic E-state index is 12.9. The molecule has 0 unspecified atom stereocenters. The first-order valence-corrected chi connectivity index (χ1v) is 9.65. The normalized spacial score (nSPS) is 11.3. The molecule has 142 valence electrons. The summed E-state index contributed by atoms with van der Waals surface area (Å²) >= 11 is 0. The fourth-order valence-corrected chi connectivity index (χ4v) is 4.02. The number of anilines is 1. The fourth-order valence-electron chi connectivity index (χ4n) is 2.70. The molecule has 1 N–H and O–H groups in total. The highest BCUT2D eigenvalue weighted by atomic mass is 32.2. The molecule has 0 aliphatic rings. The van der Waals surface area contributed by atoms with E-state index in [0.717, 1.165) is 5.56 Å². The average Bonchev–Trinajstić information content (AvgIpc) is 2.60. The molecule has 2 rings (SSSR count). The first-order valence-electron chi connectivity index (χ1n) is 8.16. The number of aryl methyl sites for hydroxylation is 1. The van der Waals surface area contributed by atoms with Crippen LogP contribution in [0.1, 0.15) is 30.9 Å². The van der Waals surface area contributed by atoms with E-state index in [4.69, 9.17) is 14.2 Å². The summed E-state index contributed by atoms with van der Waals surface area (Å²) in [5.41, 5.74) is 1.84. The van der Waals surface area contributed by atoms with Crippen molar-refractivity contribution < 1.29 is 22.6 Å². The van der Waals surface area contributed by atoms with Crippen LogP contribution >= 0.6 is 0 Å². The maximum atomic E-state index is 12.9. The van der Waals surface area contributed by atoms with Crippen LogP contribution in [0.25, 0.3) is 0 Å². The number of hydrogen-bond acceptors (Lipinski definition) is 5. The topological polar surface area (TPSA) is 73.9 Å². The highest BCUT2D eigenvalue weighted by Crippen LogP contribution is 2.34. The van der Waals surface area contributed by atoms with Gasteiger partial charge < -0.3 is 14.2 Å². The summed E-state index contributed by atoms with van der Waals surface area (Å²) in [6.07, 6.45) is 0. The molecule has 0 amide bonds. The zero-order chi connectivity index (χ0) is 19.5. The summed E-state index contributed by atoms with van der Waals surface area (Å²) in [6, 6.07) is 8.28. The monoisotopic (exact) mass is 379 g/mol. The number of hydrogen-bond donors (Lipinski definition) is 1. The summed E-state index contributed by atoms with van der Waals surface area (Å²) < 4.78 is 44.2. The van der Waals surface area contributed by atoms with Gasteiger partial charge in [0.1, 0.15) is 5.75 Å². The Bertz CT molecular complexity index is 891. The van der Waals surface area contributed by atoms with Gasteiger partial charge >= 0.3 is 0 Å². The van der Waals surface area contributed by atoms with Gasteiger partial charge in [-0.05, 0) is 48.2 Å². The Morgan fingerprint density at radius 3 is 2.04 bits per heavy atom. The van der Waals surface area contributed by atoms with Gasteiger partial charge in [0.15, 0.2) is 11.5 Å². The SMILES string of the molecule is COc1ccc(NS(=O)(=O)c2cc(C(C)C)c(OC)cc2C)cc1OC. The van der Waals surface area contributed by atoms with E-state index < -0.39 is 10.0 Å². The molecule has 0 bridgehead atoms. The summed E-state index contributed by atoms with van der Waals surface area (Å²) in [5.74, 6) is 1.78. The largest absolute Gasteiger partial charge is 0.496 e. The number of sulfonamides is 1. The third-order valence-corrected chi connectivity index (χ3v) is 5.60. The molecular formula is C19H25NO5S. The van der Waals surface area contributed by atoms with Crippen molar-refractivity contribution in [1.82, 2.24) is 0 Å². The fraction of sp³-hybridized carbons (Fsp3) is 0.368. The highest BCUT2D eigenvalue weighted by Gasteiger charge is 2.21. The van der Waals surface area contributed by atoms with Crippen LogP contribution in [0.4, 0.5) is 5.69 Å². The van der Waals surface area contributed by atoms with Crippen LogP contribution in [0.15, 0.2) is 35.2 Å². The van der Waals surface area contributed by atoms with Crippen LogP contribution < -0.4 is 18.9 Å². The Kier molecular flexibility index (Phi) is 6.02. The third-order valence-electron chi connectivity index (χ3n) is 4.07. The van der Waals surface area contributed by atoms with E-state index in [0.29, 0.717) is 28.5 Å². The molecule has 0 radical (unpaired) electrons. The van der Waals surface area contributed by atoms with E-state index >= 15 is 0 Å². The number of ether oxygens (including phenoxy) is 3. The van der Waals surface area contributed by atoms with Crippen molar-refractivity contribution in [2.45, 2.75) is 31.6 Å². The van der Waals surface area contributed by atoms with Crippen LogP contribution in [-0.4, -0.2) is 29.7 Å². The minimum atomic E-state index is -3.77. The van der Waals surface area contributed by atoms with Crippen LogP contribution in [0, 0.1) is 6.92 Å². The second-order valence-corrected chi connectivity index (χ2v) is 7.84. The Morgan fingerprint density at radius 1 is 0.885 bits per heavy atom. The minimum absolute atomic E-state index is 0.126. The van der Waals surface area contributed by atoms with Gasteiger partial charge in [-0.15, -0.1) is 0 Å². The molecule has 0 saturated carbocycles. The molecule has 0 aliphatic heterocycles. The van der Waals surface area contributed by atoms with Gasteiger partial charge in [-0.1, -0.05) is 13.8 Å². The van der Waals surface area contributed by atoms with Gasteiger partial charge in [0.25, 0.3) is 10.0 Å². The van der Waals surface area contributed by atoms with Gasteiger partial charge in [-0.3, -0.25) is 4.72 Å². The second-order valence-electron chi connectivity index (χ2n) is 6.19. The smallest absolute Gasteiger partial charge is 0.262 e. The molecule has 0 atom stereocenters. The predicted octanol–water partition coefficient (Wildman–Crippen LogP) is 3.95. The van der Waals surface area contributed by atoms with E-state index in [1.807, 2.05) is 13.8 Å². The molecule has 2 aromatic rings. The number of benzene rings is 2. The van der Waals surface area contributed by atoms with E-state index in [1.165, 1.54) is 14.2 Å². The molecule has 0 spiro atoms. The molecule has 7 heteroatoms. The summed E-state index contributed by atoms with van der Waals surface area (Å²) in [5, 5.41) is 0. The van der Waals surface area contributed by atoms with Crippen molar-refractivity contribution in [3.05, 3.63) is 41.5 Å². The van der Waals surface area contributed by atoms with Crippen LogP contribution in [0.3, 0.4) is 0 Å². The molecule has 6 nitrogen and oxygen atoms in total. The molecule has 0 aliphatic carbocycles. The standard InChI is InChI=1S/C19H25NO5S/c1-12(2)15-11-19(13(3)9-17(15)24-5)26(21,22)20-14-7-8-16(23-4)18(10-14)25-6/h7-12,20H,1-6H3. The van der Waals surface area contributed by atoms with Gasteiger partial charge in [-0.2, -0.15) is 0 Å². The Labute approximate surface area is 155 Å². The number of methoxy groups -OCH3 is 3. The summed E-state index contributed by atoms with van der Waals surface area (Å²) in [7, 11) is 0.831. The van der Waals surface area contributed by atoms with Crippen molar-refractivity contribution in [2.24, 2.45) is 0 Å². The molecule has 0 heterocycles. The lowest BCUT2D eigenvalue weighted by Crippen LogP contribution is -2.15. The van der Waals surface area contributed by atoms with Gasteiger partial charge in [-0.25, -0.2) is 8.42 Å². The Hall–Kier alpha value is -2.41. The van der Waals surface area contributed by atoms with Crippen molar-refractivity contribution in [3.63, 3.8) is 0 Å². The zero-order valence-electron chi connectivity index (χ0n) is 15.9. The van der Waals surface area contributed by atoms with Crippen molar-refractivity contribution in [1.29, 1.82) is 0 Å². The molecule has 26 heavy (non-hydrogen) atoms. The minimum Gasteiger partial charge on any atom is -0.496 e. The van der Waals surface area contributed by atoms with Crippen LogP contribution in [0.2, 0.25) is 0 Å². The quantitative estimate of drug-likeness (QED) is 0.789. The number of rotatable bonds is 7. The first kappa shape index (κ1) is 19.9. The van der Waals surface area contributed by atoms with E-state index in [1.54, 1.807) is 44.4 Å². The molecule has 0 saturated heterocycles. The lowest BCUT2D eigenvalue weighted by molar-refractivity contribution is 0.355. The summed E-state index contributed by atoms with van der Waals surface area (Å²) in [6.45, 7) is 5.73. The predicted molar refractivity (Wildman–Crippen MR) is 102 cm³/mol. The van der Waals surface area contributed by atoms with Gasteiger partial charge in [0, 0.05) is 6.07 Å². The first-order chi connectivity index (χ1) is 12.2. The van der Waals surface area contributed by atoms with E-state index in [9.17, 15) is 8.42 Å². The molecular weight excluding hydrogens is 354 g/mol. The zero-order valence-corrected chi connectivity index (χ0v) is 16.7. The lowest BCUT2D eigenvalue weighted by Gasteiger charge is -2.17. The van der Waals surface area contributed by atoms with E-state index in [-0.39, 0.29) is 10.8 Å². The second kappa shape index (κ2) is 7.86. The van der Waals surface area contributed by atoms with E-state index in [2.05, 4.69) is 4.72 Å². The highest BCUT2D eigenvalue weighted by molar-refractivity contribution is 7.92. The van der Waals surface area contributed by atoms with Crippen molar-refractivity contribution >= 4 is 15.7 Å². The lowest BCUT2D eigenvalue weighted by atomic mass is 10.0. The third kappa shape index (κ3) is 4.04. The van der Waals surface area contributed by atoms with Crippen molar-refractivity contribution in [2.75, 3.05) is 26.1 Å². The Balaban J connectivity index is 2.46. The van der Waals surface area contributed by atoms with Crippen LogP contribution in [0.5, 0.6) is 17.2 Å². The number of nitrogens with one attached hydrogen (secondary N) is 1. The molecule has 2 aromatic carbocycles. The van der Waals surface area contributed by atoms with Crippen LogP contribution in [-0.2, 0) is 10.0 Å². The average molecular weight is 379 g/mol. The Morgan fingerprint density at radius 2 is 1.50 bits per heavy atom. The van der Waals surface area contributed by atoms with Crippen molar-refractivity contribution in [3.8, 4) is 17.2 Å². The maximum Gasteiger partial charge on any atom is 0.262 e. The van der Waals surface area contributed by atoms with Gasteiger partial charge in [0.05, 0.1) is 31.9 Å².